The molecular weight excluding hydrogens is 240 g/mol. The molecular formula is C14H22N4O. The first-order valence-electron chi connectivity index (χ1n) is 7.18. The molecule has 1 heterocycles. The summed E-state index contributed by atoms with van der Waals surface area (Å²) in [6.07, 6.45) is 7.77. The van der Waals surface area contributed by atoms with Crippen molar-refractivity contribution in [2.45, 2.75) is 38.6 Å². The summed E-state index contributed by atoms with van der Waals surface area (Å²) in [7, 11) is 1.84. The van der Waals surface area contributed by atoms with E-state index in [9.17, 15) is 4.79 Å². The maximum absolute atomic E-state index is 12.1. The zero-order valence-corrected chi connectivity index (χ0v) is 11.4. The van der Waals surface area contributed by atoms with Crippen molar-refractivity contribution in [3.8, 4) is 0 Å². The fraction of sp³-hybridized carbons (Fsp3) is 0.714. The molecule has 0 saturated heterocycles. The van der Waals surface area contributed by atoms with Crippen LogP contribution in [0, 0.1) is 17.8 Å². The normalized spacial score (nSPS) is 28.8. The van der Waals surface area contributed by atoms with Gasteiger partial charge in [0.25, 0.3) is 0 Å². The van der Waals surface area contributed by atoms with E-state index in [1.165, 1.54) is 25.7 Å². The van der Waals surface area contributed by atoms with Gasteiger partial charge in [-0.1, -0.05) is 6.42 Å². The smallest absolute Gasteiger partial charge is 0.225 e. The molecule has 0 spiro atoms. The molecule has 3 N–H and O–H groups in total. The second-order valence-corrected chi connectivity index (χ2v) is 6.07. The van der Waals surface area contributed by atoms with E-state index in [0.717, 1.165) is 17.4 Å². The molecule has 0 aromatic carbocycles. The molecule has 0 aliphatic heterocycles. The Hall–Kier alpha value is -1.36. The molecule has 2 aliphatic rings. The van der Waals surface area contributed by atoms with Crippen LogP contribution in [-0.2, 0) is 18.4 Å². The van der Waals surface area contributed by atoms with E-state index in [0.29, 0.717) is 24.7 Å². The SMILES string of the molecule is Cn1cc(CN)c(NC(=O)CC2CC3CCC2C3)n1. The highest BCUT2D eigenvalue weighted by atomic mass is 16.1. The number of nitrogens with two attached hydrogens (primary N) is 1. The minimum absolute atomic E-state index is 0.0888. The third kappa shape index (κ3) is 2.52. The molecule has 3 unspecified atom stereocenters. The molecule has 2 aliphatic carbocycles. The fourth-order valence-electron chi connectivity index (χ4n) is 3.84. The highest BCUT2D eigenvalue weighted by molar-refractivity contribution is 5.90. The number of amides is 1. The second kappa shape index (κ2) is 4.96. The Balaban J connectivity index is 1.59. The molecule has 104 valence electrons. The molecule has 2 fully saturated rings. The number of nitrogens with zero attached hydrogens (tertiary/aromatic N) is 2. The maximum Gasteiger partial charge on any atom is 0.225 e. The Morgan fingerprint density at radius 3 is 3.00 bits per heavy atom. The van der Waals surface area contributed by atoms with Crippen molar-refractivity contribution in [2.24, 2.45) is 30.5 Å². The summed E-state index contributed by atoms with van der Waals surface area (Å²) in [4.78, 5) is 12.1. The van der Waals surface area contributed by atoms with E-state index >= 15 is 0 Å². The molecule has 5 heteroatoms. The van der Waals surface area contributed by atoms with Crippen LogP contribution in [0.2, 0.25) is 0 Å². The number of fused-ring (bicyclic) bond motifs is 2. The summed E-state index contributed by atoms with van der Waals surface area (Å²) in [5.74, 6) is 2.97. The molecule has 2 bridgehead atoms. The van der Waals surface area contributed by atoms with Crippen molar-refractivity contribution in [1.82, 2.24) is 9.78 Å². The fourth-order valence-corrected chi connectivity index (χ4v) is 3.84. The Labute approximate surface area is 113 Å². The van der Waals surface area contributed by atoms with E-state index in [1.54, 1.807) is 4.68 Å². The number of anilines is 1. The monoisotopic (exact) mass is 262 g/mol. The zero-order valence-electron chi connectivity index (χ0n) is 11.4. The van der Waals surface area contributed by atoms with Crippen LogP contribution in [0.5, 0.6) is 0 Å². The van der Waals surface area contributed by atoms with Gasteiger partial charge in [-0.05, 0) is 37.0 Å². The van der Waals surface area contributed by atoms with Crippen molar-refractivity contribution >= 4 is 11.7 Å². The average molecular weight is 262 g/mol. The largest absolute Gasteiger partial charge is 0.326 e. The third-order valence-electron chi connectivity index (χ3n) is 4.71. The minimum atomic E-state index is 0.0888. The van der Waals surface area contributed by atoms with E-state index in [4.69, 9.17) is 5.73 Å². The molecule has 19 heavy (non-hydrogen) atoms. The Morgan fingerprint density at radius 2 is 2.37 bits per heavy atom. The van der Waals surface area contributed by atoms with Gasteiger partial charge in [0.05, 0.1) is 0 Å². The van der Waals surface area contributed by atoms with Gasteiger partial charge >= 0.3 is 0 Å². The van der Waals surface area contributed by atoms with Crippen LogP contribution in [0.15, 0.2) is 6.20 Å². The molecule has 3 rings (SSSR count). The van der Waals surface area contributed by atoms with Gasteiger partial charge in [0.2, 0.25) is 5.91 Å². The van der Waals surface area contributed by atoms with Crippen LogP contribution in [0.1, 0.15) is 37.7 Å². The molecule has 5 nitrogen and oxygen atoms in total. The van der Waals surface area contributed by atoms with Crippen molar-refractivity contribution in [3.63, 3.8) is 0 Å². The predicted octanol–water partition coefficient (Wildman–Crippen LogP) is 1.64. The second-order valence-electron chi connectivity index (χ2n) is 6.07. The summed E-state index contributed by atoms with van der Waals surface area (Å²) in [5.41, 5.74) is 6.54. The number of rotatable bonds is 4. The Bertz CT molecular complexity index is 482. The minimum Gasteiger partial charge on any atom is -0.326 e. The van der Waals surface area contributed by atoms with Gasteiger partial charge in [0.15, 0.2) is 5.82 Å². The predicted molar refractivity (Wildman–Crippen MR) is 73.3 cm³/mol. The quantitative estimate of drug-likeness (QED) is 0.866. The molecule has 1 amide bonds. The van der Waals surface area contributed by atoms with E-state index in [-0.39, 0.29) is 5.91 Å². The van der Waals surface area contributed by atoms with Gasteiger partial charge < -0.3 is 11.1 Å². The lowest BCUT2D eigenvalue weighted by molar-refractivity contribution is -0.117. The lowest BCUT2D eigenvalue weighted by atomic mass is 9.86. The lowest BCUT2D eigenvalue weighted by Crippen LogP contribution is -2.21. The number of hydrogen-bond donors (Lipinski definition) is 2. The topological polar surface area (TPSA) is 72.9 Å². The van der Waals surface area contributed by atoms with Crippen LogP contribution in [0.3, 0.4) is 0 Å². The first-order valence-corrected chi connectivity index (χ1v) is 7.18. The number of aromatic nitrogens is 2. The standard InChI is InChI=1S/C14H22N4O/c1-18-8-12(7-15)14(17-18)16-13(19)6-11-5-9-2-3-10(11)4-9/h8-11H,2-7,15H2,1H3,(H,16,17,19). The third-order valence-corrected chi connectivity index (χ3v) is 4.71. The number of aryl methyl sites for hydroxylation is 1. The molecule has 3 atom stereocenters. The summed E-state index contributed by atoms with van der Waals surface area (Å²) >= 11 is 0. The van der Waals surface area contributed by atoms with Crippen molar-refractivity contribution in [2.75, 3.05) is 5.32 Å². The molecule has 1 aromatic heterocycles. The first-order chi connectivity index (χ1) is 9.15. The molecule has 2 saturated carbocycles. The summed E-state index contributed by atoms with van der Waals surface area (Å²) < 4.78 is 1.69. The Kier molecular flexibility index (Phi) is 3.31. The van der Waals surface area contributed by atoms with Crippen LogP contribution >= 0.6 is 0 Å². The van der Waals surface area contributed by atoms with E-state index < -0.39 is 0 Å². The first kappa shape index (κ1) is 12.7. The van der Waals surface area contributed by atoms with Gasteiger partial charge in [-0.25, -0.2) is 0 Å². The van der Waals surface area contributed by atoms with Crippen LogP contribution in [0.4, 0.5) is 5.82 Å². The average Bonchev–Trinajstić information content (AvgIpc) is 3.04. The van der Waals surface area contributed by atoms with Crippen molar-refractivity contribution in [3.05, 3.63) is 11.8 Å². The van der Waals surface area contributed by atoms with E-state index in [1.807, 2.05) is 13.2 Å². The van der Waals surface area contributed by atoms with E-state index in [2.05, 4.69) is 10.4 Å². The molecule has 0 radical (unpaired) electrons. The Morgan fingerprint density at radius 1 is 1.53 bits per heavy atom. The number of carbonyl (C=O) groups is 1. The van der Waals surface area contributed by atoms with Gasteiger partial charge in [-0.2, -0.15) is 5.10 Å². The maximum atomic E-state index is 12.1. The highest BCUT2D eigenvalue weighted by Crippen LogP contribution is 2.49. The molecule has 1 aromatic rings. The van der Waals surface area contributed by atoms with Crippen LogP contribution in [-0.4, -0.2) is 15.7 Å². The van der Waals surface area contributed by atoms with Gasteiger partial charge in [0.1, 0.15) is 0 Å². The summed E-state index contributed by atoms with van der Waals surface area (Å²) in [5, 5.41) is 7.17. The van der Waals surface area contributed by atoms with Crippen molar-refractivity contribution in [1.29, 1.82) is 0 Å². The number of nitrogens with one attached hydrogen (secondary N) is 1. The number of hydrogen-bond acceptors (Lipinski definition) is 3. The van der Waals surface area contributed by atoms with Gasteiger partial charge in [0, 0.05) is 31.8 Å². The van der Waals surface area contributed by atoms with Crippen molar-refractivity contribution < 1.29 is 4.79 Å². The van der Waals surface area contributed by atoms with Crippen LogP contribution in [0.25, 0.3) is 0 Å². The van der Waals surface area contributed by atoms with Gasteiger partial charge in [-0.3, -0.25) is 9.48 Å². The van der Waals surface area contributed by atoms with Crippen LogP contribution < -0.4 is 11.1 Å². The van der Waals surface area contributed by atoms with Gasteiger partial charge in [-0.15, -0.1) is 0 Å². The summed E-state index contributed by atoms with van der Waals surface area (Å²) in [6, 6.07) is 0. The number of carbonyl (C=O) groups excluding carboxylic acids is 1. The summed E-state index contributed by atoms with van der Waals surface area (Å²) in [6.45, 7) is 0.400. The highest BCUT2D eigenvalue weighted by Gasteiger charge is 2.40. The lowest BCUT2D eigenvalue weighted by Gasteiger charge is -2.20. The zero-order chi connectivity index (χ0) is 13.4.